The molecule has 0 radical (unpaired) electrons. The minimum atomic E-state index is -3.91. The molecule has 5 nitrogen and oxygen atoms in total. The van der Waals surface area contributed by atoms with Crippen molar-refractivity contribution in [2.75, 3.05) is 0 Å². The number of benzene rings is 2. The number of hydrogen-bond donors (Lipinski definition) is 1. The van der Waals surface area contributed by atoms with E-state index < -0.39 is 32.2 Å². The first-order chi connectivity index (χ1) is 13.0. The monoisotopic (exact) mass is 468 g/mol. The van der Waals surface area contributed by atoms with E-state index in [0.717, 1.165) is 4.47 Å². The largest absolute Gasteiger partial charge is 0.456 e. The number of sulfonamides is 1. The van der Waals surface area contributed by atoms with E-state index in [9.17, 15) is 12.8 Å². The lowest BCUT2D eigenvalue weighted by Crippen LogP contribution is -2.63. The molecule has 1 aliphatic heterocycles. The van der Waals surface area contributed by atoms with Gasteiger partial charge >= 0.3 is 0 Å². The van der Waals surface area contributed by atoms with Gasteiger partial charge in [0.15, 0.2) is 4.75 Å². The first kappa shape index (κ1) is 20.8. The van der Waals surface area contributed by atoms with E-state index in [0.29, 0.717) is 11.1 Å². The van der Waals surface area contributed by atoms with Crippen molar-refractivity contribution in [3.63, 3.8) is 0 Å². The third-order valence-electron chi connectivity index (χ3n) is 5.30. The smallest absolute Gasteiger partial charge is 0.299 e. The van der Waals surface area contributed by atoms with Gasteiger partial charge in [0.2, 0.25) is 10.0 Å². The van der Waals surface area contributed by atoms with E-state index >= 15 is 0 Å². The first-order valence-electron chi connectivity index (χ1n) is 8.77. The second-order valence-corrected chi connectivity index (χ2v) is 10.3. The van der Waals surface area contributed by atoms with Crippen molar-refractivity contribution in [2.24, 2.45) is 4.99 Å². The van der Waals surface area contributed by atoms with Crippen molar-refractivity contribution in [1.29, 1.82) is 0 Å². The fourth-order valence-electron chi connectivity index (χ4n) is 3.30. The molecule has 8 heteroatoms. The maximum absolute atomic E-state index is 14.0. The lowest BCUT2D eigenvalue weighted by atomic mass is 9.85. The van der Waals surface area contributed by atoms with Crippen LogP contribution in [0.5, 0.6) is 0 Å². The minimum absolute atomic E-state index is 0.145. The Bertz CT molecular complexity index is 1040. The van der Waals surface area contributed by atoms with E-state index in [1.165, 1.54) is 6.07 Å². The molecule has 28 heavy (non-hydrogen) atoms. The molecule has 0 saturated carbocycles. The lowest BCUT2D eigenvalue weighted by molar-refractivity contribution is 0.0383. The van der Waals surface area contributed by atoms with Crippen LogP contribution in [0.4, 0.5) is 4.39 Å². The van der Waals surface area contributed by atoms with Crippen LogP contribution < -0.4 is 4.72 Å². The van der Waals surface area contributed by atoms with Gasteiger partial charge in [-0.15, -0.1) is 0 Å². The number of amidine groups is 1. The van der Waals surface area contributed by atoms with E-state index in [1.54, 1.807) is 64.1 Å². The standard InChI is InChI=1S/C20H22BrFN2O3S/c1-13(16-10-5-6-11-17(16)22)23-18-24-28(25,26)20(4,19(2,3)27-18)14-8-7-9-15(21)12-14/h5-13H,1-4H3,(H,23,24)/t13-,20?/m0/s1. The van der Waals surface area contributed by atoms with Gasteiger partial charge in [0.25, 0.3) is 6.02 Å². The molecule has 3 rings (SSSR count). The highest BCUT2D eigenvalue weighted by molar-refractivity contribution is 9.10. The zero-order chi connectivity index (χ0) is 20.7. The Morgan fingerprint density at radius 1 is 1.14 bits per heavy atom. The van der Waals surface area contributed by atoms with Gasteiger partial charge in [-0.1, -0.05) is 46.3 Å². The summed E-state index contributed by atoms with van der Waals surface area (Å²) in [7, 11) is -3.91. The lowest BCUT2D eigenvalue weighted by Gasteiger charge is -2.47. The molecule has 1 N–H and O–H groups in total. The van der Waals surface area contributed by atoms with Crippen LogP contribution in [0.3, 0.4) is 0 Å². The summed E-state index contributed by atoms with van der Waals surface area (Å²) in [6, 6.07) is 12.6. The molecular formula is C20H22BrFN2O3S. The van der Waals surface area contributed by atoms with Crippen molar-refractivity contribution in [1.82, 2.24) is 4.72 Å². The van der Waals surface area contributed by atoms with Crippen molar-refractivity contribution >= 4 is 32.0 Å². The Morgan fingerprint density at radius 2 is 1.82 bits per heavy atom. The topological polar surface area (TPSA) is 67.8 Å². The predicted molar refractivity (Wildman–Crippen MR) is 111 cm³/mol. The Hall–Kier alpha value is -1.93. The quantitative estimate of drug-likeness (QED) is 0.712. The molecule has 2 atom stereocenters. The van der Waals surface area contributed by atoms with Gasteiger partial charge in [-0.3, -0.25) is 0 Å². The normalized spacial score (nSPS) is 25.6. The molecule has 0 spiro atoms. The van der Waals surface area contributed by atoms with Crippen LogP contribution in [-0.4, -0.2) is 20.0 Å². The van der Waals surface area contributed by atoms with Gasteiger partial charge in [0.05, 0.1) is 6.04 Å². The summed E-state index contributed by atoms with van der Waals surface area (Å²) < 4.78 is 48.4. The number of aliphatic imine (C=N–C) groups is 1. The van der Waals surface area contributed by atoms with E-state index in [-0.39, 0.29) is 6.02 Å². The van der Waals surface area contributed by atoms with Crippen LogP contribution in [0.25, 0.3) is 0 Å². The molecule has 0 bridgehead atoms. The van der Waals surface area contributed by atoms with Crippen molar-refractivity contribution in [3.8, 4) is 0 Å². The Labute approximate surface area is 173 Å². The Morgan fingerprint density at radius 3 is 2.43 bits per heavy atom. The number of halogens is 2. The molecule has 0 amide bonds. The SMILES string of the molecule is C[C@H](N=C1NS(=O)(=O)C(C)(c2cccc(Br)c2)C(C)(C)O1)c1ccccc1F. The minimum Gasteiger partial charge on any atom is -0.456 e. The molecule has 0 aliphatic carbocycles. The number of nitrogens with one attached hydrogen (secondary N) is 1. The summed E-state index contributed by atoms with van der Waals surface area (Å²) in [5, 5.41) is 0. The summed E-state index contributed by atoms with van der Waals surface area (Å²) in [6.07, 6.45) is 0. The maximum atomic E-state index is 14.0. The highest BCUT2D eigenvalue weighted by atomic mass is 79.9. The van der Waals surface area contributed by atoms with E-state index in [2.05, 4.69) is 25.6 Å². The molecule has 2 aromatic rings. The number of rotatable bonds is 3. The third kappa shape index (κ3) is 3.43. The van der Waals surface area contributed by atoms with Gasteiger partial charge < -0.3 is 4.74 Å². The van der Waals surface area contributed by atoms with Crippen LogP contribution in [0.15, 0.2) is 58.0 Å². The molecule has 1 aliphatic rings. The molecule has 2 aromatic carbocycles. The molecule has 150 valence electrons. The van der Waals surface area contributed by atoms with E-state index in [1.807, 2.05) is 6.07 Å². The van der Waals surface area contributed by atoms with Gasteiger partial charge in [0, 0.05) is 10.0 Å². The number of hydrogen-bond acceptors (Lipinski definition) is 4. The van der Waals surface area contributed by atoms with Gasteiger partial charge in [-0.05, 0) is 51.5 Å². The Kier molecular flexibility index (Phi) is 5.31. The Balaban J connectivity index is 2.02. The van der Waals surface area contributed by atoms with Crippen LogP contribution in [0, 0.1) is 5.82 Å². The fraction of sp³-hybridized carbons (Fsp3) is 0.350. The third-order valence-corrected chi connectivity index (χ3v) is 8.04. The summed E-state index contributed by atoms with van der Waals surface area (Å²) in [5.41, 5.74) is -0.192. The zero-order valence-corrected chi connectivity index (χ0v) is 18.4. The maximum Gasteiger partial charge on any atom is 0.299 e. The summed E-state index contributed by atoms with van der Waals surface area (Å²) in [4.78, 5) is 4.29. The molecule has 1 heterocycles. The van der Waals surface area contributed by atoms with E-state index in [4.69, 9.17) is 4.74 Å². The predicted octanol–water partition coefficient (Wildman–Crippen LogP) is 4.65. The highest BCUT2D eigenvalue weighted by Gasteiger charge is 2.59. The number of nitrogens with zero attached hydrogens (tertiary/aromatic N) is 1. The molecule has 1 fully saturated rings. The van der Waals surface area contributed by atoms with Crippen LogP contribution >= 0.6 is 15.9 Å². The van der Waals surface area contributed by atoms with Crippen molar-refractivity contribution < 1.29 is 17.5 Å². The molecule has 1 saturated heterocycles. The van der Waals surface area contributed by atoms with Crippen LogP contribution in [-0.2, 0) is 19.5 Å². The summed E-state index contributed by atoms with van der Waals surface area (Å²) in [5.74, 6) is -0.406. The molecular weight excluding hydrogens is 447 g/mol. The van der Waals surface area contributed by atoms with Crippen LogP contribution in [0.1, 0.15) is 44.9 Å². The van der Waals surface area contributed by atoms with Crippen molar-refractivity contribution in [3.05, 3.63) is 69.9 Å². The fourth-order valence-corrected chi connectivity index (χ4v) is 5.35. The second kappa shape index (κ2) is 7.15. The van der Waals surface area contributed by atoms with Crippen LogP contribution in [0.2, 0.25) is 0 Å². The average Bonchev–Trinajstić information content (AvgIpc) is 2.59. The molecule has 1 unspecified atom stereocenters. The zero-order valence-electron chi connectivity index (χ0n) is 16.0. The number of ether oxygens (including phenoxy) is 1. The van der Waals surface area contributed by atoms with Gasteiger partial charge in [-0.25, -0.2) is 22.5 Å². The highest BCUT2D eigenvalue weighted by Crippen LogP contribution is 2.45. The molecule has 0 aromatic heterocycles. The van der Waals surface area contributed by atoms with Crippen molar-refractivity contribution in [2.45, 2.75) is 44.1 Å². The summed E-state index contributed by atoms with van der Waals surface area (Å²) >= 11 is 3.39. The summed E-state index contributed by atoms with van der Waals surface area (Å²) in [6.45, 7) is 6.71. The van der Waals surface area contributed by atoms with Gasteiger partial charge in [-0.2, -0.15) is 0 Å². The first-order valence-corrected chi connectivity index (χ1v) is 11.1. The average molecular weight is 469 g/mol. The second-order valence-electron chi connectivity index (χ2n) is 7.39. The van der Waals surface area contributed by atoms with Gasteiger partial charge in [0.1, 0.15) is 11.4 Å².